The van der Waals surface area contributed by atoms with Gasteiger partial charge in [-0.2, -0.15) is 0 Å². The van der Waals surface area contributed by atoms with Crippen molar-refractivity contribution in [2.24, 2.45) is 5.92 Å². The van der Waals surface area contributed by atoms with Gasteiger partial charge in [0.2, 0.25) is 0 Å². The number of hydrogen-bond acceptors (Lipinski definition) is 2. The summed E-state index contributed by atoms with van der Waals surface area (Å²) in [5.41, 5.74) is 3.98. The molecule has 2 aromatic carbocycles. The van der Waals surface area contributed by atoms with Gasteiger partial charge in [0.15, 0.2) is 0 Å². The van der Waals surface area contributed by atoms with E-state index in [0.29, 0.717) is 6.04 Å². The number of hydrogen-bond donors (Lipinski definition) is 1. The third kappa shape index (κ3) is 3.85. The van der Waals surface area contributed by atoms with Crippen molar-refractivity contribution >= 4 is 5.69 Å². The number of rotatable bonds is 6. The van der Waals surface area contributed by atoms with E-state index >= 15 is 0 Å². The predicted octanol–water partition coefficient (Wildman–Crippen LogP) is 4.31. The van der Waals surface area contributed by atoms with E-state index in [1.165, 1.54) is 29.7 Å². The first-order valence-corrected chi connectivity index (χ1v) is 7.77. The third-order valence-corrected chi connectivity index (χ3v) is 4.03. The normalized spacial score (nSPS) is 16.0. The van der Waals surface area contributed by atoms with Crippen molar-refractivity contribution in [3.63, 3.8) is 0 Å². The molecule has 1 unspecified atom stereocenters. The Labute approximate surface area is 127 Å². The van der Waals surface area contributed by atoms with Crippen molar-refractivity contribution in [1.82, 2.24) is 4.90 Å². The second-order valence-electron chi connectivity index (χ2n) is 6.30. The van der Waals surface area contributed by atoms with Gasteiger partial charge >= 0.3 is 0 Å². The predicted molar refractivity (Wildman–Crippen MR) is 89.4 cm³/mol. The summed E-state index contributed by atoms with van der Waals surface area (Å²) in [4.78, 5) is 2.19. The first-order chi connectivity index (χ1) is 10.2. The lowest BCUT2D eigenvalue weighted by atomic mass is 10.0. The van der Waals surface area contributed by atoms with Crippen molar-refractivity contribution in [2.45, 2.75) is 25.4 Å². The molecule has 0 saturated heterocycles. The summed E-state index contributed by atoms with van der Waals surface area (Å²) in [6.45, 7) is 0.991. The summed E-state index contributed by atoms with van der Waals surface area (Å²) in [6.07, 6.45) is 2.68. The van der Waals surface area contributed by atoms with Gasteiger partial charge in [-0.05, 0) is 56.1 Å². The van der Waals surface area contributed by atoms with Crippen LogP contribution >= 0.6 is 0 Å². The molecule has 1 aliphatic rings. The van der Waals surface area contributed by atoms with E-state index in [2.05, 4.69) is 78.9 Å². The average Bonchev–Trinajstić information content (AvgIpc) is 3.31. The Morgan fingerprint density at radius 2 is 1.67 bits per heavy atom. The Kier molecular flexibility index (Phi) is 4.26. The smallest absolute Gasteiger partial charge is 0.0542 e. The molecule has 110 valence electrons. The maximum atomic E-state index is 3.72. The molecule has 0 amide bonds. The van der Waals surface area contributed by atoms with Gasteiger partial charge < -0.3 is 10.2 Å². The zero-order chi connectivity index (χ0) is 14.7. The van der Waals surface area contributed by atoms with E-state index in [4.69, 9.17) is 0 Å². The van der Waals surface area contributed by atoms with Crippen molar-refractivity contribution in [1.29, 1.82) is 0 Å². The Bertz CT molecular complexity index is 556. The van der Waals surface area contributed by atoms with Crippen molar-refractivity contribution in [2.75, 3.05) is 19.4 Å². The second kappa shape index (κ2) is 6.31. The molecule has 0 bridgehead atoms. The van der Waals surface area contributed by atoms with Gasteiger partial charge in [-0.3, -0.25) is 0 Å². The molecule has 2 heteroatoms. The Morgan fingerprint density at radius 3 is 2.24 bits per heavy atom. The molecule has 0 aromatic heterocycles. The van der Waals surface area contributed by atoms with E-state index in [0.717, 1.165) is 12.5 Å². The van der Waals surface area contributed by atoms with E-state index in [-0.39, 0.29) is 0 Å². The number of nitrogens with one attached hydrogen (secondary N) is 1. The summed E-state index contributed by atoms with van der Waals surface area (Å²) in [5, 5.41) is 3.72. The molecule has 21 heavy (non-hydrogen) atoms. The minimum absolute atomic E-state index is 0.450. The fraction of sp³-hybridized carbons (Fsp3) is 0.368. The van der Waals surface area contributed by atoms with Crippen LogP contribution in [0.4, 0.5) is 5.69 Å². The van der Waals surface area contributed by atoms with Crippen molar-refractivity contribution in [3.05, 3.63) is 65.7 Å². The molecule has 2 aromatic rings. The van der Waals surface area contributed by atoms with E-state index in [1.54, 1.807) is 0 Å². The topological polar surface area (TPSA) is 15.3 Å². The van der Waals surface area contributed by atoms with Crippen LogP contribution in [-0.4, -0.2) is 19.0 Å². The highest BCUT2D eigenvalue weighted by atomic mass is 15.0. The Balaban J connectivity index is 1.71. The van der Waals surface area contributed by atoms with Crippen molar-refractivity contribution < 1.29 is 0 Å². The average molecular weight is 280 g/mol. The molecule has 2 nitrogen and oxygen atoms in total. The highest BCUT2D eigenvalue weighted by Gasteiger charge is 2.32. The van der Waals surface area contributed by atoms with Gasteiger partial charge in [0.05, 0.1) is 6.04 Å². The summed E-state index contributed by atoms with van der Waals surface area (Å²) in [7, 11) is 4.20. The van der Waals surface area contributed by atoms with Gasteiger partial charge in [-0.15, -0.1) is 0 Å². The van der Waals surface area contributed by atoms with Gasteiger partial charge in [0.1, 0.15) is 0 Å². The SMILES string of the molecule is CN(C)Cc1ccc(NC(c2ccccc2)C2CC2)cc1. The summed E-state index contributed by atoms with van der Waals surface area (Å²) in [6, 6.07) is 20.1. The van der Waals surface area contributed by atoms with Gasteiger partial charge in [-0.25, -0.2) is 0 Å². The summed E-state index contributed by atoms with van der Waals surface area (Å²) < 4.78 is 0. The largest absolute Gasteiger partial charge is 0.378 e. The van der Waals surface area contributed by atoms with Crippen LogP contribution in [0.25, 0.3) is 0 Å². The molecule has 0 spiro atoms. The molecule has 0 heterocycles. The van der Waals surface area contributed by atoms with Crippen LogP contribution in [0.3, 0.4) is 0 Å². The molecule has 1 saturated carbocycles. The molecule has 0 radical (unpaired) electrons. The fourth-order valence-electron chi connectivity index (χ4n) is 2.81. The summed E-state index contributed by atoms with van der Waals surface area (Å²) in [5.74, 6) is 0.786. The molecular weight excluding hydrogens is 256 g/mol. The van der Waals surface area contributed by atoms with Gasteiger partial charge in [0.25, 0.3) is 0 Å². The minimum Gasteiger partial charge on any atom is -0.378 e. The molecule has 1 aliphatic carbocycles. The van der Waals surface area contributed by atoms with Crippen LogP contribution in [0.2, 0.25) is 0 Å². The van der Waals surface area contributed by atoms with Gasteiger partial charge in [0, 0.05) is 12.2 Å². The van der Waals surface area contributed by atoms with E-state index in [1.807, 2.05) is 0 Å². The molecule has 1 fully saturated rings. The minimum atomic E-state index is 0.450. The number of nitrogens with zero attached hydrogens (tertiary/aromatic N) is 1. The molecule has 1 N–H and O–H groups in total. The Hall–Kier alpha value is -1.80. The lowest BCUT2D eigenvalue weighted by Gasteiger charge is -2.20. The number of anilines is 1. The zero-order valence-electron chi connectivity index (χ0n) is 12.9. The maximum Gasteiger partial charge on any atom is 0.0542 e. The maximum absolute atomic E-state index is 3.72. The van der Waals surface area contributed by atoms with Gasteiger partial charge in [-0.1, -0.05) is 42.5 Å². The molecule has 3 rings (SSSR count). The number of benzene rings is 2. The second-order valence-corrected chi connectivity index (χ2v) is 6.30. The first kappa shape index (κ1) is 14.2. The van der Waals surface area contributed by atoms with Crippen LogP contribution in [0.15, 0.2) is 54.6 Å². The highest BCUT2D eigenvalue weighted by molar-refractivity contribution is 5.47. The lowest BCUT2D eigenvalue weighted by Crippen LogP contribution is -2.13. The first-order valence-electron chi connectivity index (χ1n) is 7.77. The monoisotopic (exact) mass is 280 g/mol. The van der Waals surface area contributed by atoms with Crippen molar-refractivity contribution in [3.8, 4) is 0 Å². The Morgan fingerprint density at radius 1 is 1.00 bits per heavy atom. The van der Waals surface area contributed by atoms with Crippen LogP contribution in [-0.2, 0) is 6.54 Å². The summed E-state index contributed by atoms with van der Waals surface area (Å²) >= 11 is 0. The van der Waals surface area contributed by atoms with E-state index < -0.39 is 0 Å². The third-order valence-electron chi connectivity index (χ3n) is 4.03. The molecular formula is C19H24N2. The van der Waals surface area contributed by atoms with Crippen LogP contribution in [0.1, 0.15) is 30.0 Å². The zero-order valence-corrected chi connectivity index (χ0v) is 12.9. The standard InChI is InChI=1S/C19H24N2/c1-21(2)14-15-8-12-18(13-9-15)20-19(17-10-11-17)16-6-4-3-5-7-16/h3-9,12-13,17,19-20H,10-11,14H2,1-2H3. The van der Waals surface area contributed by atoms with E-state index in [9.17, 15) is 0 Å². The fourth-order valence-corrected chi connectivity index (χ4v) is 2.81. The molecule has 0 aliphatic heterocycles. The van der Waals surface area contributed by atoms with Crippen LogP contribution in [0.5, 0.6) is 0 Å². The quantitative estimate of drug-likeness (QED) is 0.848. The van der Waals surface area contributed by atoms with Crippen LogP contribution in [0, 0.1) is 5.92 Å². The highest BCUT2D eigenvalue weighted by Crippen LogP contribution is 2.42. The molecule has 1 atom stereocenters. The lowest BCUT2D eigenvalue weighted by molar-refractivity contribution is 0.402. The van der Waals surface area contributed by atoms with Crippen LogP contribution < -0.4 is 5.32 Å².